The Balaban J connectivity index is 1.65. The zero-order valence-corrected chi connectivity index (χ0v) is 18.8. The molecule has 1 N–H and O–H groups in total. The number of amides is 1. The first kappa shape index (κ1) is 23.0. The fourth-order valence-electron chi connectivity index (χ4n) is 3.81. The van der Waals surface area contributed by atoms with Gasteiger partial charge in [0.25, 0.3) is 5.91 Å². The molecule has 170 valence electrons. The van der Waals surface area contributed by atoms with E-state index in [0.29, 0.717) is 56.9 Å². The van der Waals surface area contributed by atoms with E-state index in [9.17, 15) is 9.59 Å². The average Bonchev–Trinajstić information content (AvgIpc) is 3.31. The van der Waals surface area contributed by atoms with Gasteiger partial charge in [0.1, 0.15) is 5.69 Å². The van der Waals surface area contributed by atoms with Crippen molar-refractivity contribution in [2.75, 3.05) is 26.4 Å². The van der Waals surface area contributed by atoms with Crippen LogP contribution in [0.3, 0.4) is 0 Å². The summed E-state index contributed by atoms with van der Waals surface area (Å²) in [6.45, 7) is 9.19. The molecule has 9 nitrogen and oxygen atoms in total. The summed E-state index contributed by atoms with van der Waals surface area (Å²) >= 11 is 0. The highest BCUT2D eigenvalue weighted by molar-refractivity contribution is 5.96. The van der Waals surface area contributed by atoms with E-state index >= 15 is 0 Å². The van der Waals surface area contributed by atoms with Crippen molar-refractivity contribution in [2.45, 2.75) is 66.0 Å². The lowest BCUT2D eigenvalue weighted by Crippen LogP contribution is -2.26. The minimum Gasteiger partial charge on any atom is -0.461 e. The van der Waals surface area contributed by atoms with Gasteiger partial charge < -0.3 is 14.8 Å². The smallest absolute Gasteiger partial charge is 0.356 e. The minimum atomic E-state index is -0.368. The van der Waals surface area contributed by atoms with Crippen molar-refractivity contribution >= 4 is 11.9 Å². The first-order chi connectivity index (χ1) is 15.0. The van der Waals surface area contributed by atoms with Crippen LogP contribution in [0.4, 0.5) is 0 Å². The molecule has 9 heteroatoms. The molecule has 2 aromatic heterocycles. The molecular weight excluding hydrogens is 398 g/mol. The van der Waals surface area contributed by atoms with E-state index in [1.807, 2.05) is 25.5 Å². The van der Waals surface area contributed by atoms with Crippen LogP contribution in [0.15, 0.2) is 6.07 Å². The van der Waals surface area contributed by atoms with Crippen molar-refractivity contribution in [2.24, 2.45) is 0 Å². The maximum absolute atomic E-state index is 12.8. The molecule has 2 aromatic rings. The number of hydrogen-bond donors (Lipinski definition) is 1. The molecule has 0 aliphatic carbocycles. The molecule has 31 heavy (non-hydrogen) atoms. The van der Waals surface area contributed by atoms with Crippen molar-refractivity contribution < 1.29 is 19.1 Å². The molecule has 1 amide bonds. The summed E-state index contributed by atoms with van der Waals surface area (Å²) in [5, 5.41) is 12.0. The van der Waals surface area contributed by atoms with Gasteiger partial charge in [0.2, 0.25) is 0 Å². The van der Waals surface area contributed by atoms with Crippen LogP contribution in [0.5, 0.6) is 0 Å². The molecule has 3 heterocycles. The Labute approximate surface area is 183 Å². The molecule has 0 atom stereocenters. The van der Waals surface area contributed by atoms with E-state index < -0.39 is 0 Å². The number of nitrogens with one attached hydrogen (secondary N) is 1. The predicted octanol–water partition coefficient (Wildman–Crippen LogP) is 2.30. The monoisotopic (exact) mass is 431 g/mol. The van der Waals surface area contributed by atoms with E-state index in [1.165, 1.54) is 0 Å². The third kappa shape index (κ3) is 5.72. The van der Waals surface area contributed by atoms with Crippen molar-refractivity contribution in [1.82, 2.24) is 24.9 Å². The number of aromatic nitrogens is 4. The third-order valence-electron chi connectivity index (χ3n) is 5.30. The molecule has 0 aromatic carbocycles. The number of esters is 1. The number of fused-ring (bicyclic) bond motifs is 1. The molecule has 0 spiro atoms. The second-order valence-corrected chi connectivity index (χ2v) is 7.65. The largest absolute Gasteiger partial charge is 0.461 e. The highest BCUT2D eigenvalue weighted by Gasteiger charge is 2.23. The van der Waals surface area contributed by atoms with Crippen LogP contribution < -0.4 is 5.32 Å². The number of nitrogens with zero attached hydrogens (tertiary/aromatic N) is 4. The van der Waals surface area contributed by atoms with E-state index in [-0.39, 0.29) is 18.5 Å². The Hall–Kier alpha value is -2.68. The standard InChI is InChI=1S/C22H33N5O4/c1-4-17-20-18(9-6-12-30-13-7-10-23-21(20)28)27(25-17)11-8-14-31-22(29)19-15-16(3)24-26(19)5-2/h15H,4-14H2,1-3H3,(H,23,28). The second-order valence-electron chi connectivity index (χ2n) is 7.65. The molecule has 0 radical (unpaired) electrons. The first-order valence-corrected chi connectivity index (χ1v) is 11.2. The van der Waals surface area contributed by atoms with Crippen LogP contribution in [-0.4, -0.2) is 57.8 Å². The SMILES string of the molecule is CCc1nn(CCCOC(=O)c2cc(C)nn2CC)c2c1C(=O)NCCCOCCC2. The quantitative estimate of drug-likeness (QED) is 0.533. The van der Waals surface area contributed by atoms with Gasteiger partial charge in [-0.05, 0) is 45.6 Å². The zero-order valence-electron chi connectivity index (χ0n) is 18.8. The van der Waals surface area contributed by atoms with Gasteiger partial charge in [0, 0.05) is 39.3 Å². The Morgan fingerprint density at radius 2 is 2.03 bits per heavy atom. The van der Waals surface area contributed by atoms with Crippen LogP contribution >= 0.6 is 0 Å². The Kier molecular flexibility index (Phi) is 8.22. The average molecular weight is 432 g/mol. The van der Waals surface area contributed by atoms with E-state index in [4.69, 9.17) is 14.6 Å². The van der Waals surface area contributed by atoms with Gasteiger partial charge in [-0.3, -0.25) is 14.2 Å². The molecule has 1 aliphatic rings. The summed E-state index contributed by atoms with van der Waals surface area (Å²) in [6, 6.07) is 1.74. The van der Waals surface area contributed by atoms with Gasteiger partial charge in [-0.15, -0.1) is 0 Å². The zero-order chi connectivity index (χ0) is 22.2. The Bertz CT molecular complexity index is 902. The van der Waals surface area contributed by atoms with Crippen LogP contribution in [0, 0.1) is 6.92 Å². The summed E-state index contributed by atoms with van der Waals surface area (Å²) in [5.74, 6) is -0.428. The molecule has 3 rings (SSSR count). The molecule has 0 bridgehead atoms. The van der Waals surface area contributed by atoms with E-state index in [0.717, 1.165) is 36.3 Å². The maximum Gasteiger partial charge on any atom is 0.356 e. The fourth-order valence-corrected chi connectivity index (χ4v) is 3.81. The summed E-state index contributed by atoms with van der Waals surface area (Å²) in [4.78, 5) is 25.2. The Morgan fingerprint density at radius 1 is 1.23 bits per heavy atom. The number of carbonyl (C=O) groups excluding carboxylic acids is 2. The fraction of sp³-hybridized carbons (Fsp3) is 0.636. The van der Waals surface area contributed by atoms with E-state index in [2.05, 4.69) is 10.4 Å². The highest BCUT2D eigenvalue weighted by Crippen LogP contribution is 2.19. The summed E-state index contributed by atoms with van der Waals surface area (Å²) in [6.07, 6.45) is 3.67. The third-order valence-corrected chi connectivity index (χ3v) is 5.30. The van der Waals surface area contributed by atoms with Gasteiger partial charge >= 0.3 is 5.97 Å². The molecule has 0 unspecified atom stereocenters. The number of rotatable bonds is 7. The van der Waals surface area contributed by atoms with Gasteiger partial charge in [-0.2, -0.15) is 10.2 Å². The summed E-state index contributed by atoms with van der Waals surface area (Å²) < 4.78 is 14.6. The Morgan fingerprint density at radius 3 is 2.81 bits per heavy atom. The van der Waals surface area contributed by atoms with Crippen LogP contribution in [0.1, 0.15) is 71.0 Å². The number of hydrogen-bond acceptors (Lipinski definition) is 6. The van der Waals surface area contributed by atoms with Crippen molar-refractivity contribution in [1.29, 1.82) is 0 Å². The molecule has 1 aliphatic heterocycles. The van der Waals surface area contributed by atoms with Gasteiger partial charge in [-0.1, -0.05) is 6.92 Å². The topological polar surface area (TPSA) is 100 Å². The number of carbonyl (C=O) groups is 2. The predicted molar refractivity (Wildman–Crippen MR) is 115 cm³/mol. The van der Waals surface area contributed by atoms with Crippen molar-refractivity contribution in [3.8, 4) is 0 Å². The van der Waals surface area contributed by atoms with Crippen LogP contribution in [-0.2, 0) is 35.4 Å². The lowest BCUT2D eigenvalue weighted by molar-refractivity contribution is 0.0480. The van der Waals surface area contributed by atoms with Crippen molar-refractivity contribution in [3.05, 3.63) is 34.4 Å². The minimum absolute atomic E-state index is 0.0605. The highest BCUT2D eigenvalue weighted by atomic mass is 16.5. The lowest BCUT2D eigenvalue weighted by Gasteiger charge is -2.10. The van der Waals surface area contributed by atoms with Gasteiger partial charge in [-0.25, -0.2) is 4.79 Å². The molecular formula is C22H33N5O4. The molecule has 0 saturated heterocycles. The molecule has 0 saturated carbocycles. The van der Waals surface area contributed by atoms with Gasteiger partial charge in [0.15, 0.2) is 0 Å². The first-order valence-electron chi connectivity index (χ1n) is 11.2. The summed E-state index contributed by atoms with van der Waals surface area (Å²) in [5.41, 5.74) is 3.71. The lowest BCUT2D eigenvalue weighted by atomic mass is 10.1. The van der Waals surface area contributed by atoms with Crippen LogP contribution in [0.2, 0.25) is 0 Å². The molecule has 0 fully saturated rings. The number of ether oxygens (including phenoxy) is 2. The number of aryl methyl sites for hydroxylation is 4. The van der Waals surface area contributed by atoms with Gasteiger partial charge in [0.05, 0.1) is 29.3 Å². The normalized spacial score (nSPS) is 15.1. The maximum atomic E-state index is 12.8. The second kappa shape index (κ2) is 11.1. The van der Waals surface area contributed by atoms with Crippen LogP contribution in [0.25, 0.3) is 0 Å². The van der Waals surface area contributed by atoms with E-state index in [1.54, 1.807) is 10.7 Å². The summed E-state index contributed by atoms with van der Waals surface area (Å²) in [7, 11) is 0. The van der Waals surface area contributed by atoms with Crippen molar-refractivity contribution in [3.63, 3.8) is 0 Å².